The first-order chi connectivity index (χ1) is 15.7. The third-order valence-electron chi connectivity index (χ3n) is 4.95. The molecular weight excluding hydrogens is 652 g/mol. The number of rotatable bonds is 10. The zero-order valence-electron chi connectivity index (χ0n) is 18.2. The Bertz CT molecular complexity index is 1190. The van der Waals surface area contributed by atoms with E-state index < -0.39 is 12.6 Å². The van der Waals surface area contributed by atoms with Crippen molar-refractivity contribution in [3.63, 3.8) is 0 Å². The van der Waals surface area contributed by atoms with Crippen LogP contribution in [0.25, 0.3) is 11.0 Å². The Balaban J connectivity index is 2.08. The van der Waals surface area contributed by atoms with Gasteiger partial charge in [-0.3, -0.25) is 9.59 Å². The number of unbranched alkanes of at least 4 members (excludes halogenated alkanes) is 1. The molecule has 2 N–H and O–H groups in total. The molecule has 3 aromatic rings. The van der Waals surface area contributed by atoms with Gasteiger partial charge in [0.25, 0.3) is 0 Å². The quantitative estimate of drug-likeness (QED) is 0.201. The normalized spacial score (nSPS) is 10.9. The molecule has 0 spiro atoms. The second-order valence-corrected chi connectivity index (χ2v) is 9.72. The van der Waals surface area contributed by atoms with E-state index in [4.69, 9.17) is 14.3 Å². The van der Waals surface area contributed by atoms with Crippen molar-refractivity contribution < 1.29 is 28.6 Å². The summed E-state index contributed by atoms with van der Waals surface area (Å²) in [6.07, 6.45) is 2.80. The number of aliphatic carboxylic acids is 1. The van der Waals surface area contributed by atoms with Gasteiger partial charge in [0, 0.05) is 29.5 Å². The summed E-state index contributed by atoms with van der Waals surface area (Å²) < 4.78 is 12.7. The molecule has 1 heterocycles. The van der Waals surface area contributed by atoms with Gasteiger partial charge in [-0.2, -0.15) is 0 Å². The van der Waals surface area contributed by atoms with Gasteiger partial charge in [-0.25, -0.2) is 4.79 Å². The number of anilines is 1. The van der Waals surface area contributed by atoms with E-state index in [0.717, 1.165) is 12.8 Å². The number of ketones is 1. The Morgan fingerprint density at radius 2 is 1.79 bits per heavy atom. The van der Waals surface area contributed by atoms with Crippen LogP contribution in [0, 0.1) is 7.14 Å². The zero-order chi connectivity index (χ0) is 24.1. The van der Waals surface area contributed by atoms with E-state index in [1.54, 1.807) is 37.3 Å². The van der Waals surface area contributed by atoms with Gasteiger partial charge in [0.1, 0.15) is 17.1 Å². The van der Waals surface area contributed by atoms with E-state index in [1.807, 2.05) is 45.2 Å². The molecule has 174 valence electrons. The summed E-state index contributed by atoms with van der Waals surface area (Å²) >= 11 is 4.07. The van der Waals surface area contributed by atoms with E-state index >= 15 is 0 Å². The van der Waals surface area contributed by atoms with Crippen LogP contribution < -0.4 is 10.1 Å². The number of benzene rings is 2. The van der Waals surface area contributed by atoms with Crippen LogP contribution in [-0.2, 0) is 16.0 Å². The van der Waals surface area contributed by atoms with Crippen LogP contribution in [0.4, 0.5) is 5.69 Å². The van der Waals surface area contributed by atoms with Gasteiger partial charge < -0.3 is 19.6 Å². The average molecular weight is 675 g/mol. The topological polar surface area (TPSA) is 106 Å². The largest absolute Gasteiger partial charge is 0.480 e. The molecule has 0 aliphatic carbocycles. The molecule has 0 fully saturated rings. The molecule has 3 rings (SSSR count). The molecule has 0 aliphatic heterocycles. The lowest BCUT2D eigenvalue weighted by Crippen LogP contribution is -2.12. The maximum atomic E-state index is 13.7. The van der Waals surface area contributed by atoms with Crippen molar-refractivity contribution in [2.24, 2.45) is 0 Å². The van der Waals surface area contributed by atoms with Gasteiger partial charge in [-0.1, -0.05) is 20.3 Å². The maximum absolute atomic E-state index is 13.7. The molecule has 33 heavy (non-hydrogen) atoms. The molecule has 0 unspecified atom stereocenters. The molecule has 0 radical (unpaired) electrons. The second kappa shape index (κ2) is 11.3. The van der Waals surface area contributed by atoms with Gasteiger partial charge in [-0.15, -0.1) is 0 Å². The number of furan rings is 1. The summed E-state index contributed by atoms with van der Waals surface area (Å²) in [6.45, 7) is 3.39. The first-order valence-corrected chi connectivity index (χ1v) is 12.6. The number of hydrogen-bond donors (Lipinski definition) is 2. The van der Waals surface area contributed by atoms with E-state index in [2.05, 4.69) is 12.2 Å². The molecule has 0 saturated heterocycles. The fraction of sp³-hybridized carbons (Fsp3) is 0.292. The highest BCUT2D eigenvalue weighted by Crippen LogP contribution is 2.34. The van der Waals surface area contributed by atoms with Gasteiger partial charge in [-0.05, 0) is 81.9 Å². The Kier molecular flexibility index (Phi) is 8.74. The third kappa shape index (κ3) is 6.05. The van der Waals surface area contributed by atoms with Crippen molar-refractivity contribution in [3.05, 3.63) is 54.4 Å². The predicted octanol–water partition coefficient (Wildman–Crippen LogP) is 6.03. The Morgan fingerprint density at radius 1 is 1.09 bits per heavy atom. The molecular formula is C24H23I2NO6. The van der Waals surface area contributed by atoms with Gasteiger partial charge >= 0.3 is 5.97 Å². The van der Waals surface area contributed by atoms with Gasteiger partial charge in [0.15, 0.2) is 12.4 Å². The fourth-order valence-corrected chi connectivity index (χ4v) is 5.42. The van der Waals surface area contributed by atoms with Crippen molar-refractivity contribution in [2.75, 3.05) is 11.9 Å². The minimum atomic E-state index is -1.07. The number of hydrogen-bond acceptors (Lipinski definition) is 5. The summed E-state index contributed by atoms with van der Waals surface area (Å²) in [5, 5.41) is 12.4. The molecule has 0 bridgehead atoms. The highest BCUT2D eigenvalue weighted by Gasteiger charge is 2.24. The number of halogens is 2. The Labute approximate surface area is 218 Å². The minimum absolute atomic E-state index is 0.113. The zero-order valence-corrected chi connectivity index (χ0v) is 22.5. The first-order valence-electron chi connectivity index (χ1n) is 10.5. The van der Waals surface area contributed by atoms with Crippen molar-refractivity contribution >= 4 is 79.5 Å². The number of ether oxygens (including phenoxy) is 1. The Hall–Kier alpha value is -2.15. The molecule has 0 atom stereocenters. The number of carbonyl (C=O) groups excluding carboxylic acids is 2. The standard InChI is InChI=1S/C24H23I2NO6/c1-3-5-6-19-22(15-11-14(27-20(28)4-2)7-8-18(15)33-19)23(31)13-9-16(25)24(17(26)10-13)32-12-21(29)30/h7-11H,3-6,12H2,1-2H3,(H,27,28)(H,29,30). The summed E-state index contributed by atoms with van der Waals surface area (Å²) in [4.78, 5) is 36.4. The summed E-state index contributed by atoms with van der Waals surface area (Å²) in [7, 11) is 0. The number of fused-ring (bicyclic) bond motifs is 1. The number of amides is 1. The number of nitrogens with one attached hydrogen (secondary N) is 1. The van der Waals surface area contributed by atoms with Crippen LogP contribution in [0.2, 0.25) is 0 Å². The predicted molar refractivity (Wildman–Crippen MR) is 142 cm³/mol. The molecule has 0 saturated carbocycles. The first kappa shape index (κ1) is 25.5. The smallest absolute Gasteiger partial charge is 0.341 e. The SMILES string of the molecule is CCCCc1oc2ccc(NC(=O)CC)cc2c1C(=O)c1cc(I)c(OCC(=O)O)c(I)c1. The highest BCUT2D eigenvalue weighted by molar-refractivity contribution is 14.1. The van der Waals surface area contributed by atoms with Crippen molar-refractivity contribution in [3.8, 4) is 5.75 Å². The lowest BCUT2D eigenvalue weighted by atomic mass is 9.98. The summed E-state index contributed by atoms with van der Waals surface area (Å²) in [6, 6.07) is 8.68. The monoisotopic (exact) mass is 675 g/mol. The molecule has 1 aromatic heterocycles. The van der Waals surface area contributed by atoms with Crippen LogP contribution in [0.1, 0.15) is 54.8 Å². The van der Waals surface area contributed by atoms with Crippen molar-refractivity contribution in [2.45, 2.75) is 39.5 Å². The number of carboxylic acids is 1. The van der Waals surface area contributed by atoms with E-state index in [0.29, 0.717) is 59.3 Å². The molecule has 9 heteroatoms. The van der Waals surface area contributed by atoms with Crippen molar-refractivity contribution in [1.29, 1.82) is 0 Å². The summed E-state index contributed by atoms with van der Waals surface area (Å²) in [5.74, 6) is -0.328. The van der Waals surface area contributed by atoms with Crippen LogP contribution in [0.3, 0.4) is 0 Å². The Morgan fingerprint density at radius 3 is 2.39 bits per heavy atom. The van der Waals surface area contributed by atoms with Gasteiger partial charge in [0.2, 0.25) is 5.91 Å². The molecule has 7 nitrogen and oxygen atoms in total. The number of carbonyl (C=O) groups is 3. The maximum Gasteiger partial charge on any atom is 0.341 e. The fourth-order valence-electron chi connectivity index (χ4n) is 3.34. The van der Waals surface area contributed by atoms with E-state index in [9.17, 15) is 14.4 Å². The van der Waals surface area contributed by atoms with Crippen LogP contribution in [0.5, 0.6) is 5.75 Å². The second-order valence-electron chi connectivity index (χ2n) is 7.40. The summed E-state index contributed by atoms with van der Waals surface area (Å²) in [5.41, 5.74) is 2.13. The number of aryl methyl sites for hydroxylation is 1. The average Bonchev–Trinajstić information content (AvgIpc) is 3.13. The minimum Gasteiger partial charge on any atom is -0.480 e. The van der Waals surface area contributed by atoms with Crippen LogP contribution in [-0.4, -0.2) is 29.4 Å². The van der Waals surface area contributed by atoms with E-state index in [1.165, 1.54) is 0 Å². The third-order valence-corrected chi connectivity index (χ3v) is 6.55. The van der Waals surface area contributed by atoms with Crippen LogP contribution >= 0.6 is 45.2 Å². The highest BCUT2D eigenvalue weighted by atomic mass is 127. The van der Waals surface area contributed by atoms with Gasteiger partial charge in [0.05, 0.1) is 12.7 Å². The van der Waals surface area contributed by atoms with Crippen LogP contribution in [0.15, 0.2) is 34.7 Å². The molecule has 2 aromatic carbocycles. The van der Waals surface area contributed by atoms with E-state index in [-0.39, 0.29) is 11.7 Å². The molecule has 1 amide bonds. The molecule has 0 aliphatic rings. The lowest BCUT2D eigenvalue weighted by molar-refractivity contribution is -0.139. The lowest BCUT2D eigenvalue weighted by Gasteiger charge is -2.11. The van der Waals surface area contributed by atoms with Crippen molar-refractivity contribution in [1.82, 2.24) is 0 Å². The number of carboxylic acid groups (broad SMARTS) is 1.